The summed E-state index contributed by atoms with van der Waals surface area (Å²) in [5.74, 6) is 0.280. The number of hydrogen-bond acceptors (Lipinski definition) is 4. The van der Waals surface area contributed by atoms with Crippen LogP contribution >= 0.6 is 0 Å². The van der Waals surface area contributed by atoms with E-state index in [2.05, 4.69) is 19.2 Å². The maximum absolute atomic E-state index is 11.7. The Hall–Kier alpha value is -1.71. The Bertz CT molecular complexity index is 469. The van der Waals surface area contributed by atoms with Crippen LogP contribution < -0.4 is 11.1 Å². The van der Waals surface area contributed by atoms with Gasteiger partial charge in [0.05, 0.1) is 24.0 Å². The van der Waals surface area contributed by atoms with Crippen LogP contribution in [0.1, 0.15) is 30.6 Å². The second kappa shape index (κ2) is 4.52. The fraction of sp³-hybridized carbons (Fsp3) is 0.500. The van der Waals surface area contributed by atoms with E-state index in [0.717, 1.165) is 6.54 Å². The Kier molecular flexibility index (Phi) is 3.20. The molecule has 1 aromatic rings. The number of carbonyl (C=O) groups is 1. The number of nitrogen functional groups attached to an aromatic ring is 1. The standard InChI is InChI=1S/C14H20N2O2/c1-14(2)7-9(14)8-16-12-10(13(17)18-3)5-4-6-11(12)15/h4-6,9,16H,7-8,15H2,1-3H3. The molecule has 2 rings (SSSR count). The molecule has 0 spiro atoms. The van der Waals surface area contributed by atoms with Crippen molar-refractivity contribution < 1.29 is 9.53 Å². The molecule has 0 saturated heterocycles. The molecular weight excluding hydrogens is 228 g/mol. The first-order valence-corrected chi connectivity index (χ1v) is 6.16. The molecule has 18 heavy (non-hydrogen) atoms. The molecule has 98 valence electrons. The lowest BCUT2D eigenvalue weighted by Crippen LogP contribution is -2.13. The SMILES string of the molecule is COC(=O)c1cccc(N)c1NCC1CC1(C)C. The number of hydrogen-bond donors (Lipinski definition) is 2. The van der Waals surface area contributed by atoms with Gasteiger partial charge in [-0.2, -0.15) is 0 Å². The van der Waals surface area contributed by atoms with E-state index in [1.165, 1.54) is 13.5 Å². The number of anilines is 2. The van der Waals surface area contributed by atoms with Crippen LogP contribution in [0.3, 0.4) is 0 Å². The predicted molar refractivity (Wildman–Crippen MR) is 72.6 cm³/mol. The fourth-order valence-corrected chi connectivity index (χ4v) is 2.20. The molecule has 1 fully saturated rings. The zero-order valence-electron chi connectivity index (χ0n) is 11.1. The topological polar surface area (TPSA) is 64.3 Å². The summed E-state index contributed by atoms with van der Waals surface area (Å²) in [5.41, 5.74) is 8.09. The number of para-hydroxylation sites is 1. The Morgan fingerprint density at radius 1 is 1.56 bits per heavy atom. The molecule has 1 aliphatic carbocycles. The zero-order chi connectivity index (χ0) is 13.3. The van der Waals surface area contributed by atoms with Gasteiger partial charge in [0.2, 0.25) is 0 Å². The summed E-state index contributed by atoms with van der Waals surface area (Å²) in [6, 6.07) is 5.27. The van der Waals surface area contributed by atoms with E-state index in [0.29, 0.717) is 28.3 Å². The van der Waals surface area contributed by atoms with Gasteiger partial charge in [-0.15, -0.1) is 0 Å². The molecule has 0 bridgehead atoms. The van der Waals surface area contributed by atoms with Crippen molar-refractivity contribution >= 4 is 17.3 Å². The van der Waals surface area contributed by atoms with E-state index < -0.39 is 0 Å². The maximum atomic E-state index is 11.7. The molecule has 0 aromatic heterocycles. The van der Waals surface area contributed by atoms with Crippen LogP contribution in [0, 0.1) is 11.3 Å². The fourth-order valence-electron chi connectivity index (χ4n) is 2.20. The van der Waals surface area contributed by atoms with E-state index in [1.54, 1.807) is 18.2 Å². The van der Waals surface area contributed by atoms with Gasteiger partial charge in [0, 0.05) is 6.54 Å². The number of methoxy groups -OCH3 is 1. The predicted octanol–water partition coefficient (Wildman–Crippen LogP) is 2.51. The minimum atomic E-state index is -0.361. The van der Waals surface area contributed by atoms with Gasteiger partial charge in [-0.3, -0.25) is 0 Å². The van der Waals surface area contributed by atoms with Crippen LogP contribution in [0.25, 0.3) is 0 Å². The third-order valence-electron chi connectivity index (χ3n) is 3.74. The molecule has 1 atom stereocenters. The second-order valence-electron chi connectivity index (χ2n) is 5.53. The van der Waals surface area contributed by atoms with Gasteiger partial charge in [0.25, 0.3) is 0 Å². The van der Waals surface area contributed by atoms with E-state index in [-0.39, 0.29) is 5.97 Å². The minimum Gasteiger partial charge on any atom is -0.465 e. The van der Waals surface area contributed by atoms with Crippen LogP contribution in [-0.2, 0) is 4.74 Å². The van der Waals surface area contributed by atoms with Crippen molar-refractivity contribution in [2.24, 2.45) is 11.3 Å². The summed E-state index contributed by atoms with van der Waals surface area (Å²) < 4.78 is 4.76. The number of nitrogens with one attached hydrogen (secondary N) is 1. The monoisotopic (exact) mass is 248 g/mol. The lowest BCUT2D eigenvalue weighted by Gasteiger charge is -2.13. The summed E-state index contributed by atoms with van der Waals surface area (Å²) in [6.45, 7) is 5.33. The van der Waals surface area contributed by atoms with Gasteiger partial charge in [-0.25, -0.2) is 4.79 Å². The number of nitrogens with two attached hydrogens (primary N) is 1. The number of benzene rings is 1. The molecule has 0 aliphatic heterocycles. The molecule has 0 amide bonds. The highest BCUT2D eigenvalue weighted by atomic mass is 16.5. The Balaban J connectivity index is 2.13. The van der Waals surface area contributed by atoms with Gasteiger partial charge >= 0.3 is 5.97 Å². The van der Waals surface area contributed by atoms with Crippen LogP contribution in [0.15, 0.2) is 18.2 Å². The van der Waals surface area contributed by atoms with Gasteiger partial charge in [-0.1, -0.05) is 19.9 Å². The van der Waals surface area contributed by atoms with Crippen LogP contribution in [0.4, 0.5) is 11.4 Å². The molecule has 4 nitrogen and oxygen atoms in total. The molecule has 0 heterocycles. The van der Waals surface area contributed by atoms with Gasteiger partial charge in [0.1, 0.15) is 0 Å². The van der Waals surface area contributed by atoms with E-state index >= 15 is 0 Å². The molecule has 1 aromatic carbocycles. The third-order valence-corrected chi connectivity index (χ3v) is 3.74. The molecule has 1 saturated carbocycles. The lowest BCUT2D eigenvalue weighted by atomic mass is 10.1. The average molecular weight is 248 g/mol. The van der Waals surface area contributed by atoms with Gasteiger partial charge in [-0.05, 0) is 29.9 Å². The van der Waals surface area contributed by atoms with Crippen molar-refractivity contribution in [1.29, 1.82) is 0 Å². The third kappa shape index (κ3) is 2.42. The Morgan fingerprint density at radius 3 is 2.78 bits per heavy atom. The highest BCUT2D eigenvalue weighted by Gasteiger charge is 2.45. The highest BCUT2D eigenvalue weighted by Crippen LogP contribution is 2.51. The zero-order valence-corrected chi connectivity index (χ0v) is 11.1. The van der Waals surface area contributed by atoms with Crippen molar-refractivity contribution in [3.63, 3.8) is 0 Å². The molecule has 4 heteroatoms. The highest BCUT2D eigenvalue weighted by molar-refractivity contribution is 5.98. The lowest BCUT2D eigenvalue weighted by molar-refractivity contribution is 0.0602. The normalized spacial score (nSPS) is 20.3. The summed E-state index contributed by atoms with van der Waals surface area (Å²) in [4.78, 5) is 11.7. The molecular formula is C14H20N2O2. The number of rotatable bonds is 4. The average Bonchev–Trinajstić information content (AvgIpc) is 2.94. The molecule has 3 N–H and O–H groups in total. The first-order chi connectivity index (χ1) is 8.45. The van der Waals surface area contributed by atoms with E-state index in [9.17, 15) is 4.79 Å². The smallest absolute Gasteiger partial charge is 0.340 e. The number of esters is 1. The molecule has 1 unspecified atom stereocenters. The summed E-state index contributed by atoms with van der Waals surface area (Å²) in [6.07, 6.45) is 1.21. The molecule has 0 radical (unpaired) electrons. The van der Waals surface area contributed by atoms with Crippen LogP contribution in [0.5, 0.6) is 0 Å². The Morgan fingerprint density at radius 2 is 2.22 bits per heavy atom. The van der Waals surface area contributed by atoms with Crippen molar-refractivity contribution in [3.8, 4) is 0 Å². The van der Waals surface area contributed by atoms with Gasteiger partial charge in [0.15, 0.2) is 0 Å². The van der Waals surface area contributed by atoms with Crippen molar-refractivity contribution in [2.45, 2.75) is 20.3 Å². The van der Waals surface area contributed by atoms with Crippen molar-refractivity contribution in [2.75, 3.05) is 24.7 Å². The second-order valence-corrected chi connectivity index (χ2v) is 5.53. The summed E-state index contributed by atoms with van der Waals surface area (Å²) >= 11 is 0. The number of ether oxygens (including phenoxy) is 1. The largest absolute Gasteiger partial charge is 0.465 e. The molecule has 1 aliphatic rings. The maximum Gasteiger partial charge on any atom is 0.340 e. The van der Waals surface area contributed by atoms with Crippen molar-refractivity contribution in [1.82, 2.24) is 0 Å². The quantitative estimate of drug-likeness (QED) is 0.634. The van der Waals surface area contributed by atoms with Crippen LogP contribution in [-0.4, -0.2) is 19.6 Å². The van der Waals surface area contributed by atoms with Crippen LogP contribution in [0.2, 0.25) is 0 Å². The summed E-state index contributed by atoms with van der Waals surface area (Å²) in [7, 11) is 1.37. The number of carbonyl (C=O) groups excluding carboxylic acids is 1. The first kappa shape index (κ1) is 12.7. The minimum absolute atomic E-state index is 0.361. The first-order valence-electron chi connectivity index (χ1n) is 6.16. The van der Waals surface area contributed by atoms with E-state index in [4.69, 9.17) is 10.5 Å². The van der Waals surface area contributed by atoms with Crippen molar-refractivity contribution in [3.05, 3.63) is 23.8 Å². The van der Waals surface area contributed by atoms with Gasteiger partial charge < -0.3 is 15.8 Å². The summed E-state index contributed by atoms with van der Waals surface area (Å²) in [5, 5.41) is 3.29. The van der Waals surface area contributed by atoms with E-state index in [1.807, 2.05) is 0 Å². The Labute approximate surface area is 108 Å².